The molecule has 1 saturated carbocycles. The van der Waals surface area contributed by atoms with Gasteiger partial charge in [0.2, 0.25) is 0 Å². The fraction of sp³-hybridized carbons (Fsp3) is 0.963. The van der Waals surface area contributed by atoms with Gasteiger partial charge < -0.3 is 14.2 Å². The molecule has 2 fully saturated rings. The first kappa shape index (κ1) is 28.4. The van der Waals surface area contributed by atoms with E-state index in [9.17, 15) is 4.79 Å². The summed E-state index contributed by atoms with van der Waals surface area (Å²) >= 11 is 0. The van der Waals surface area contributed by atoms with Crippen molar-refractivity contribution in [2.24, 2.45) is 5.92 Å². The zero-order valence-corrected chi connectivity index (χ0v) is 21.2. The molecule has 1 aliphatic carbocycles. The first-order valence-corrected chi connectivity index (χ1v) is 13.5. The zero-order chi connectivity index (χ0) is 22.8. The Kier molecular flexibility index (Phi) is 16.4. The molecule has 1 heterocycles. The van der Waals surface area contributed by atoms with Gasteiger partial charge in [-0.3, -0.25) is 4.79 Å². The van der Waals surface area contributed by atoms with Crippen LogP contribution in [0.3, 0.4) is 0 Å². The van der Waals surface area contributed by atoms with E-state index in [4.69, 9.17) is 14.2 Å². The molecule has 4 nitrogen and oxygen atoms in total. The van der Waals surface area contributed by atoms with E-state index in [1.807, 2.05) is 13.8 Å². The highest BCUT2D eigenvalue weighted by molar-refractivity contribution is 5.69. The molecule has 0 N–H and O–H groups in total. The van der Waals surface area contributed by atoms with E-state index in [2.05, 4.69) is 13.8 Å². The number of carbonyl (C=O) groups excluding carboxylic acids is 1. The van der Waals surface area contributed by atoms with E-state index in [1.165, 1.54) is 77.0 Å². The average Bonchev–Trinajstić information content (AvgIpc) is 3.42. The first-order valence-electron chi connectivity index (χ1n) is 13.5. The summed E-state index contributed by atoms with van der Waals surface area (Å²) in [6, 6.07) is 0. The summed E-state index contributed by atoms with van der Waals surface area (Å²) in [5.74, 6) is 0.695. The molecule has 0 unspecified atom stereocenters. The van der Waals surface area contributed by atoms with Gasteiger partial charge in [-0.05, 0) is 39.0 Å². The van der Waals surface area contributed by atoms with Crippen LogP contribution in [0.4, 0.5) is 0 Å². The molecule has 0 aromatic heterocycles. The second-order valence-electron chi connectivity index (χ2n) is 9.81. The summed E-state index contributed by atoms with van der Waals surface area (Å²) in [7, 11) is 0. The Morgan fingerprint density at radius 2 is 1.45 bits per heavy atom. The average molecular weight is 441 g/mol. The largest absolute Gasteiger partial charge is 0.463 e. The number of esters is 1. The minimum atomic E-state index is -0.200. The lowest BCUT2D eigenvalue weighted by molar-refractivity contribution is -0.170. The SMILES string of the molecule is CCCCCCC(=O)OC(C)C.CCCCCCCC1(CCC2CCCC2)OCCO1. The van der Waals surface area contributed by atoms with E-state index in [-0.39, 0.29) is 17.9 Å². The van der Waals surface area contributed by atoms with Crippen molar-refractivity contribution >= 4 is 5.97 Å². The zero-order valence-electron chi connectivity index (χ0n) is 21.2. The van der Waals surface area contributed by atoms with Crippen LogP contribution in [0.15, 0.2) is 0 Å². The highest BCUT2D eigenvalue weighted by Gasteiger charge is 2.36. The maximum Gasteiger partial charge on any atom is 0.306 e. The number of hydrogen-bond acceptors (Lipinski definition) is 4. The van der Waals surface area contributed by atoms with E-state index >= 15 is 0 Å². The molecule has 184 valence electrons. The van der Waals surface area contributed by atoms with Crippen LogP contribution in [-0.2, 0) is 19.0 Å². The van der Waals surface area contributed by atoms with Crippen molar-refractivity contribution in [3.8, 4) is 0 Å². The van der Waals surface area contributed by atoms with Crippen LogP contribution in [0.5, 0.6) is 0 Å². The van der Waals surface area contributed by atoms with Crippen molar-refractivity contribution in [2.75, 3.05) is 13.2 Å². The molecule has 1 aliphatic heterocycles. The molecule has 2 rings (SSSR count). The Balaban J connectivity index is 0.000000348. The van der Waals surface area contributed by atoms with Gasteiger partial charge in [0.05, 0.1) is 19.3 Å². The third kappa shape index (κ3) is 14.2. The van der Waals surface area contributed by atoms with Crippen molar-refractivity contribution in [2.45, 2.75) is 149 Å². The van der Waals surface area contributed by atoms with Gasteiger partial charge in [-0.1, -0.05) is 84.5 Å². The van der Waals surface area contributed by atoms with Crippen LogP contribution in [-0.4, -0.2) is 31.1 Å². The predicted molar refractivity (Wildman–Crippen MR) is 129 cm³/mol. The summed E-state index contributed by atoms with van der Waals surface area (Å²) in [6.07, 6.45) is 21.1. The topological polar surface area (TPSA) is 44.8 Å². The summed E-state index contributed by atoms with van der Waals surface area (Å²) in [4.78, 5) is 11.0. The first-order chi connectivity index (χ1) is 15.0. The lowest BCUT2D eigenvalue weighted by Crippen LogP contribution is -2.30. The van der Waals surface area contributed by atoms with E-state index in [0.717, 1.165) is 44.8 Å². The number of carbonyl (C=O) groups is 1. The van der Waals surface area contributed by atoms with Gasteiger partial charge in [0, 0.05) is 19.3 Å². The summed E-state index contributed by atoms with van der Waals surface area (Å²) < 4.78 is 17.0. The predicted octanol–water partition coefficient (Wildman–Crippen LogP) is 7.97. The smallest absolute Gasteiger partial charge is 0.306 e. The Hall–Kier alpha value is -0.610. The van der Waals surface area contributed by atoms with Crippen molar-refractivity contribution in [1.29, 1.82) is 0 Å². The van der Waals surface area contributed by atoms with Crippen LogP contribution in [0, 0.1) is 5.92 Å². The Bertz CT molecular complexity index is 423. The highest BCUT2D eigenvalue weighted by Crippen LogP contribution is 2.36. The standard InChI is InChI=1S/C17H32O2.C10H20O2/c1-2-3-4-5-8-12-17(18-14-15-19-17)13-11-16-9-6-7-10-16;1-4-5-6-7-8-10(11)12-9(2)3/h16H,2-15H2,1H3;9H,4-8H2,1-3H3. The summed E-state index contributed by atoms with van der Waals surface area (Å²) in [5, 5.41) is 0. The molecule has 0 aromatic carbocycles. The lowest BCUT2D eigenvalue weighted by Gasteiger charge is -2.28. The van der Waals surface area contributed by atoms with Gasteiger partial charge >= 0.3 is 5.97 Å². The molecule has 0 bridgehead atoms. The maximum atomic E-state index is 11.0. The van der Waals surface area contributed by atoms with Gasteiger partial charge in [-0.2, -0.15) is 0 Å². The second kappa shape index (κ2) is 17.9. The third-order valence-corrected chi connectivity index (χ3v) is 6.48. The Morgan fingerprint density at radius 1 is 0.871 bits per heavy atom. The van der Waals surface area contributed by atoms with Crippen molar-refractivity contribution < 1.29 is 19.0 Å². The molecule has 0 spiro atoms. The molecule has 0 aromatic rings. The van der Waals surface area contributed by atoms with Crippen molar-refractivity contribution in [3.05, 3.63) is 0 Å². The number of hydrogen-bond donors (Lipinski definition) is 0. The van der Waals surface area contributed by atoms with Crippen LogP contribution in [0.25, 0.3) is 0 Å². The van der Waals surface area contributed by atoms with E-state index < -0.39 is 0 Å². The molecule has 1 saturated heterocycles. The second-order valence-corrected chi connectivity index (χ2v) is 9.81. The van der Waals surface area contributed by atoms with Crippen LogP contribution in [0.1, 0.15) is 137 Å². The van der Waals surface area contributed by atoms with Gasteiger partial charge in [0.15, 0.2) is 5.79 Å². The fourth-order valence-electron chi connectivity index (χ4n) is 4.65. The number of ether oxygens (including phenoxy) is 3. The van der Waals surface area contributed by atoms with Gasteiger partial charge in [-0.25, -0.2) is 0 Å². The summed E-state index contributed by atoms with van der Waals surface area (Å²) in [6.45, 7) is 9.80. The third-order valence-electron chi connectivity index (χ3n) is 6.48. The molecule has 31 heavy (non-hydrogen) atoms. The molecule has 0 atom stereocenters. The van der Waals surface area contributed by atoms with Crippen LogP contribution < -0.4 is 0 Å². The molecule has 0 radical (unpaired) electrons. The minimum absolute atomic E-state index is 0.0312. The van der Waals surface area contributed by atoms with E-state index in [0.29, 0.717) is 6.42 Å². The Morgan fingerprint density at radius 3 is 2.03 bits per heavy atom. The van der Waals surface area contributed by atoms with Gasteiger partial charge in [0.1, 0.15) is 0 Å². The maximum absolute atomic E-state index is 11.0. The van der Waals surface area contributed by atoms with Crippen LogP contribution in [0.2, 0.25) is 0 Å². The van der Waals surface area contributed by atoms with Crippen molar-refractivity contribution in [1.82, 2.24) is 0 Å². The van der Waals surface area contributed by atoms with Crippen molar-refractivity contribution in [3.63, 3.8) is 0 Å². The number of unbranched alkanes of at least 4 members (excludes halogenated alkanes) is 7. The quantitative estimate of drug-likeness (QED) is 0.191. The molecular formula is C27H52O4. The summed E-state index contributed by atoms with van der Waals surface area (Å²) in [5.41, 5.74) is 0. The minimum Gasteiger partial charge on any atom is -0.463 e. The van der Waals surface area contributed by atoms with Crippen LogP contribution >= 0.6 is 0 Å². The fourth-order valence-corrected chi connectivity index (χ4v) is 4.65. The normalized spacial score (nSPS) is 18.2. The van der Waals surface area contributed by atoms with E-state index in [1.54, 1.807) is 0 Å². The molecule has 2 aliphatic rings. The lowest BCUT2D eigenvalue weighted by atomic mass is 9.94. The monoisotopic (exact) mass is 440 g/mol. The molecule has 4 heteroatoms. The Labute approximate surface area is 193 Å². The van der Waals surface area contributed by atoms with Gasteiger partial charge in [-0.15, -0.1) is 0 Å². The highest BCUT2D eigenvalue weighted by atomic mass is 16.7. The number of rotatable bonds is 15. The molecular weight excluding hydrogens is 388 g/mol. The van der Waals surface area contributed by atoms with Gasteiger partial charge in [0.25, 0.3) is 0 Å². The molecule has 0 amide bonds.